The second kappa shape index (κ2) is 19.0. The van der Waals surface area contributed by atoms with Crippen molar-refractivity contribution in [2.45, 2.75) is 137 Å². The molecule has 4 aromatic rings. The number of thiazole rings is 1. The Labute approximate surface area is 345 Å². The lowest BCUT2D eigenvalue weighted by Gasteiger charge is -2.33. The molecule has 3 aromatic heterocycles. The van der Waals surface area contributed by atoms with Crippen LogP contribution in [0.25, 0.3) is 33.4 Å². The summed E-state index contributed by atoms with van der Waals surface area (Å²) in [4.78, 5) is 40.3. The number of benzene rings is 1. The summed E-state index contributed by atoms with van der Waals surface area (Å²) in [5, 5.41) is 9.10. The van der Waals surface area contributed by atoms with E-state index < -0.39 is 6.04 Å². The van der Waals surface area contributed by atoms with Crippen molar-refractivity contribution in [1.82, 2.24) is 35.2 Å². The van der Waals surface area contributed by atoms with Crippen molar-refractivity contribution in [3.8, 4) is 22.5 Å². The van der Waals surface area contributed by atoms with Gasteiger partial charge in [0.2, 0.25) is 5.91 Å². The lowest BCUT2D eigenvalue weighted by Crippen LogP contribution is -2.58. The number of aryl methyl sites for hydroxylation is 2. The number of nitrogens with zero attached hydrogens (tertiary/aromatic N) is 5. The zero-order chi connectivity index (χ0) is 40.9. The molecule has 3 unspecified atom stereocenters. The van der Waals surface area contributed by atoms with Crippen LogP contribution in [0.2, 0.25) is 0 Å². The highest BCUT2D eigenvalue weighted by atomic mass is 32.1. The van der Waals surface area contributed by atoms with Crippen LogP contribution in [-0.4, -0.2) is 82.6 Å². The van der Waals surface area contributed by atoms with Gasteiger partial charge in [0.05, 0.1) is 34.2 Å². The van der Waals surface area contributed by atoms with Crippen molar-refractivity contribution < 1.29 is 14.3 Å². The Morgan fingerprint density at radius 2 is 1.88 bits per heavy atom. The molecular weight excluding hydrogens is 731 g/mol. The number of hydrogen-bond acceptors (Lipinski definition) is 8. The second-order valence-corrected chi connectivity index (χ2v) is 18.3. The number of carbonyl (C=O) groups excluding carboxylic acids is 2. The normalized spacial score (nSPS) is 17.1. The number of pyridine rings is 1. The molecule has 2 fully saturated rings. The Morgan fingerprint density at radius 1 is 1.11 bits per heavy atom. The van der Waals surface area contributed by atoms with Crippen molar-refractivity contribution in [3.63, 3.8) is 0 Å². The molecule has 10 nitrogen and oxygen atoms in total. The fraction of sp³-hybridized carbons (Fsp3) is 0.609. The quantitative estimate of drug-likeness (QED) is 0.110. The van der Waals surface area contributed by atoms with Gasteiger partial charge < -0.3 is 14.6 Å². The molecule has 4 heterocycles. The second-order valence-electron chi connectivity index (χ2n) is 17.4. The largest absolute Gasteiger partial charge is 0.375 e. The Hall–Kier alpha value is -3.64. The molecule has 3 atom stereocenters. The average molecular weight is 798 g/mol. The van der Waals surface area contributed by atoms with Crippen molar-refractivity contribution in [2.24, 2.45) is 11.3 Å². The van der Waals surface area contributed by atoms with E-state index in [1.807, 2.05) is 25.2 Å². The van der Waals surface area contributed by atoms with Gasteiger partial charge in [0.1, 0.15) is 6.04 Å². The van der Waals surface area contributed by atoms with Crippen LogP contribution >= 0.6 is 11.3 Å². The van der Waals surface area contributed by atoms with Crippen LogP contribution in [0.5, 0.6) is 0 Å². The summed E-state index contributed by atoms with van der Waals surface area (Å²) >= 11 is 1.56. The highest BCUT2D eigenvalue weighted by Gasteiger charge is 2.36. The molecule has 11 heteroatoms. The van der Waals surface area contributed by atoms with E-state index in [1.165, 1.54) is 27.7 Å². The molecule has 1 aromatic carbocycles. The Morgan fingerprint density at radius 3 is 2.53 bits per heavy atom. The summed E-state index contributed by atoms with van der Waals surface area (Å²) in [6.07, 6.45) is 12.6. The van der Waals surface area contributed by atoms with Gasteiger partial charge in [-0.25, -0.2) is 10.4 Å². The molecule has 2 N–H and O–H groups in total. The van der Waals surface area contributed by atoms with Gasteiger partial charge in [-0.15, -0.1) is 11.3 Å². The fourth-order valence-corrected chi connectivity index (χ4v) is 9.80. The smallest absolute Gasteiger partial charge is 0.259 e. The van der Waals surface area contributed by atoms with Crippen molar-refractivity contribution in [2.75, 3.05) is 34.3 Å². The molecule has 6 rings (SSSR count). The minimum atomic E-state index is -0.710. The number of hydrazine groups is 1. The highest BCUT2D eigenvalue weighted by molar-refractivity contribution is 7.10. The first-order valence-corrected chi connectivity index (χ1v) is 22.4. The first kappa shape index (κ1) is 43.0. The van der Waals surface area contributed by atoms with E-state index in [2.05, 4.69) is 86.5 Å². The van der Waals surface area contributed by atoms with Gasteiger partial charge in [-0.2, -0.15) is 0 Å². The number of methoxy groups -OCH3 is 1. The lowest BCUT2D eigenvalue weighted by molar-refractivity contribution is -0.141. The monoisotopic (exact) mass is 798 g/mol. The van der Waals surface area contributed by atoms with Gasteiger partial charge >= 0.3 is 0 Å². The van der Waals surface area contributed by atoms with Gasteiger partial charge in [-0.1, -0.05) is 59.4 Å². The molecule has 0 spiro atoms. The van der Waals surface area contributed by atoms with E-state index in [9.17, 15) is 9.59 Å². The zero-order valence-corrected chi connectivity index (χ0v) is 36.9. The highest BCUT2D eigenvalue weighted by Crippen LogP contribution is 2.43. The van der Waals surface area contributed by atoms with E-state index in [-0.39, 0.29) is 29.4 Å². The van der Waals surface area contributed by atoms with E-state index in [0.717, 1.165) is 105 Å². The number of nitrogens with one attached hydrogen (secondary N) is 2. The maximum atomic E-state index is 14.1. The molecule has 57 heavy (non-hydrogen) atoms. The molecule has 2 aliphatic rings. The van der Waals surface area contributed by atoms with Crippen LogP contribution in [0, 0.1) is 11.3 Å². The van der Waals surface area contributed by atoms with E-state index >= 15 is 0 Å². The Kier molecular flexibility index (Phi) is 14.3. The lowest BCUT2D eigenvalue weighted by atomic mass is 9.81. The molecule has 0 radical (unpaired) electrons. The molecular formula is C46H67N7O3S. The number of hydrogen-bond donors (Lipinski definition) is 2. The predicted octanol–water partition coefficient (Wildman–Crippen LogP) is 8.76. The number of amides is 2. The van der Waals surface area contributed by atoms with Crippen LogP contribution in [0.4, 0.5) is 0 Å². The van der Waals surface area contributed by atoms with Crippen LogP contribution in [0.15, 0.2) is 35.8 Å². The number of carbonyl (C=O) groups is 2. The van der Waals surface area contributed by atoms with Crippen molar-refractivity contribution in [1.29, 1.82) is 0 Å². The predicted molar refractivity (Wildman–Crippen MR) is 233 cm³/mol. The molecule has 1 aliphatic carbocycles. The first-order chi connectivity index (χ1) is 27.4. The third-order valence-electron chi connectivity index (χ3n) is 12.5. The minimum absolute atomic E-state index is 0.0678. The standard InChI is InChI=1S/C46H67N7O3S/c1-10-17-31-24-35(41(47-28-31)30(4)56-9)43-36(27-46(5,6)11-2)34-25-33(20-21-39(34)52(43)12-3)38-29-57-40(49-38)26-37(45(55)53-23-16-15-22-48-53)50-44(54)42(51(7)8)32-18-13-14-19-32/h20-21,24-25,28-30,32,37,42,48H,10-19,22-23,26-27H2,1-9H3,(H,50,54). The van der Waals surface area contributed by atoms with Gasteiger partial charge in [-0.05, 0) is 107 Å². The third kappa shape index (κ3) is 9.64. The maximum Gasteiger partial charge on any atom is 0.259 e. The molecule has 2 amide bonds. The summed E-state index contributed by atoms with van der Waals surface area (Å²) < 4.78 is 8.36. The number of fused-ring (bicyclic) bond motifs is 1. The van der Waals surface area contributed by atoms with Gasteiger partial charge in [0.15, 0.2) is 0 Å². The molecule has 1 saturated heterocycles. The number of likely N-dealkylation sites (N-methyl/N-ethyl adjacent to an activating group) is 1. The third-order valence-corrected chi connectivity index (χ3v) is 13.4. The Balaban J connectivity index is 1.39. The van der Waals surface area contributed by atoms with Gasteiger partial charge in [0, 0.05) is 66.8 Å². The number of rotatable bonds is 17. The number of aromatic nitrogens is 3. The minimum Gasteiger partial charge on any atom is -0.375 e. The van der Waals surface area contributed by atoms with E-state index in [4.69, 9.17) is 14.7 Å². The number of ether oxygens (including phenoxy) is 1. The van der Waals surface area contributed by atoms with Crippen molar-refractivity contribution in [3.05, 3.63) is 57.7 Å². The zero-order valence-electron chi connectivity index (χ0n) is 36.0. The average Bonchev–Trinajstić information content (AvgIpc) is 3.97. The molecule has 1 aliphatic heterocycles. The summed E-state index contributed by atoms with van der Waals surface area (Å²) in [5.41, 5.74) is 12.4. The van der Waals surface area contributed by atoms with Crippen molar-refractivity contribution >= 4 is 34.1 Å². The molecule has 0 bridgehead atoms. The fourth-order valence-electron chi connectivity index (χ4n) is 8.95. The molecule has 1 saturated carbocycles. The summed E-state index contributed by atoms with van der Waals surface area (Å²) in [7, 11) is 5.71. The SMILES string of the molecule is CCCc1cnc(C(C)OC)c(-c2c(CC(C)(C)CC)c3cc(-c4csc(CC(NC(=O)C(C5CCCC5)N(C)C)C(=O)N5CCCCN5)n4)ccc3n2CC)c1. The topological polar surface area (TPSA) is 105 Å². The van der Waals surface area contributed by atoms with Crippen LogP contribution < -0.4 is 10.7 Å². The van der Waals surface area contributed by atoms with Crippen LogP contribution in [0.1, 0.15) is 121 Å². The summed E-state index contributed by atoms with van der Waals surface area (Å²) in [5.74, 6) is 0.135. The Bertz CT molecular complexity index is 1990. The van der Waals surface area contributed by atoms with Crippen LogP contribution in [-0.2, 0) is 40.1 Å². The van der Waals surface area contributed by atoms with Crippen LogP contribution in [0.3, 0.4) is 0 Å². The van der Waals surface area contributed by atoms with E-state index in [0.29, 0.717) is 18.9 Å². The summed E-state index contributed by atoms with van der Waals surface area (Å²) in [6, 6.07) is 8.13. The van der Waals surface area contributed by atoms with Gasteiger partial charge in [0.25, 0.3) is 5.91 Å². The first-order valence-electron chi connectivity index (χ1n) is 21.5. The molecule has 310 valence electrons. The van der Waals surface area contributed by atoms with E-state index in [1.54, 1.807) is 23.5 Å². The van der Waals surface area contributed by atoms with Gasteiger partial charge in [-0.3, -0.25) is 24.5 Å². The maximum absolute atomic E-state index is 14.1. The summed E-state index contributed by atoms with van der Waals surface area (Å²) in [6.45, 7) is 15.7.